The predicted octanol–water partition coefficient (Wildman–Crippen LogP) is 3.39. The number of carbonyl (C=O) groups excluding carboxylic acids is 1. The fraction of sp³-hybridized carbons (Fsp3) is 0.158. The maximum Gasteiger partial charge on any atom is 0.177 e. The maximum atomic E-state index is 11.6. The van der Waals surface area contributed by atoms with Gasteiger partial charge in [-0.1, -0.05) is 18.2 Å². The third-order valence-electron chi connectivity index (χ3n) is 3.79. The lowest BCUT2D eigenvalue weighted by atomic mass is 10.1. The second-order valence-corrected chi connectivity index (χ2v) is 5.33. The molecular weight excluding hydrogens is 274 g/mol. The highest BCUT2D eigenvalue weighted by Crippen LogP contribution is 2.20. The Morgan fingerprint density at radius 3 is 2.59 bits per heavy atom. The zero-order chi connectivity index (χ0) is 15.5. The molecule has 0 aliphatic carbocycles. The van der Waals surface area contributed by atoms with Crippen molar-refractivity contribution in [3.63, 3.8) is 0 Å². The Hall–Kier alpha value is -2.68. The lowest BCUT2D eigenvalue weighted by molar-refractivity contribution is -0.687. The fourth-order valence-electron chi connectivity index (χ4n) is 2.59. The third kappa shape index (κ3) is 2.84. The Morgan fingerprint density at radius 2 is 1.86 bits per heavy atom. The molecule has 0 saturated heterocycles. The summed E-state index contributed by atoms with van der Waals surface area (Å²) in [5.41, 5.74) is 1.70. The lowest BCUT2D eigenvalue weighted by Gasteiger charge is -2.08. The minimum Gasteiger partial charge on any atom is -0.496 e. The van der Waals surface area contributed by atoms with Crippen molar-refractivity contribution in [3.8, 4) is 5.75 Å². The summed E-state index contributed by atoms with van der Waals surface area (Å²) < 4.78 is 7.52. The van der Waals surface area contributed by atoms with Crippen molar-refractivity contribution in [2.45, 2.75) is 13.5 Å². The van der Waals surface area contributed by atoms with Crippen LogP contribution in [0, 0.1) is 0 Å². The summed E-state index contributed by atoms with van der Waals surface area (Å²) in [6, 6.07) is 15.9. The summed E-state index contributed by atoms with van der Waals surface area (Å²) in [6.45, 7) is 2.24. The molecule has 110 valence electrons. The Balaban J connectivity index is 1.99. The molecular formula is C19H18NO2+. The molecule has 3 rings (SSSR count). The van der Waals surface area contributed by atoms with Crippen LogP contribution >= 0.6 is 0 Å². The van der Waals surface area contributed by atoms with E-state index in [1.807, 2.05) is 30.5 Å². The summed E-state index contributed by atoms with van der Waals surface area (Å²) in [7, 11) is 1.65. The molecule has 1 heterocycles. The van der Waals surface area contributed by atoms with Gasteiger partial charge < -0.3 is 4.74 Å². The number of methoxy groups -OCH3 is 1. The van der Waals surface area contributed by atoms with Gasteiger partial charge in [0.2, 0.25) is 0 Å². The quantitative estimate of drug-likeness (QED) is 0.545. The van der Waals surface area contributed by atoms with E-state index in [2.05, 4.69) is 29.0 Å². The van der Waals surface area contributed by atoms with Gasteiger partial charge in [-0.2, -0.15) is 0 Å². The third-order valence-corrected chi connectivity index (χ3v) is 3.79. The van der Waals surface area contributed by atoms with Crippen molar-refractivity contribution in [2.75, 3.05) is 7.11 Å². The molecule has 22 heavy (non-hydrogen) atoms. The number of nitrogens with zero attached hydrogens (tertiary/aromatic N) is 1. The largest absolute Gasteiger partial charge is 0.496 e. The van der Waals surface area contributed by atoms with Crippen LogP contribution in [0.15, 0.2) is 60.9 Å². The first-order chi connectivity index (χ1) is 10.7. The summed E-state index contributed by atoms with van der Waals surface area (Å²) in [5.74, 6) is 0.859. The topological polar surface area (TPSA) is 30.2 Å². The highest BCUT2D eigenvalue weighted by molar-refractivity contribution is 5.94. The van der Waals surface area contributed by atoms with Gasteiger partial charge in [0.1, 0.15) is 5.75 Å². The Morgan fingerprint density at radius 1 is 1.09 bits per heavy atom. The van der Waals surface area contributed by atoms with Crippen molar-refractivity contribution < 1.29 is 14.1 Å². The molecule has 0 atom stereocenters. The summed E-state index contributed by atoms with van der Waals surface area (Å²) in [4.78, 5) is 11.6. The van der Waals surface area contributed by atoms with Gasteiger partial charge in [-0.25, -0.2) is 4.57 Å². The molecule has 0 aliphatic rings. The van der Waals surface area contributed by atoms with Crippen molar-refractivity contribution >= 4 is 16.6 Å². The molecule has 0 N–H and O–H groups in total. The van der Waals surface area contributed by atoms with Crippen molar-refractivity contribution in [1.29, 1.82) is 0 Å². The van der Waals surface area contributed by atoms with Crippen LogP contribution in [-0.4, -0.2) is 12.9 Å². The zero-order valence-corrected chi connectivity index (χ0v) is 12.7. The van der Waals surface area contributed by atoms with E-state index in [0.717, 1.165) is 11.3 Å². The summed E-state index contributed by atoms with van der Waals surface area (Å²) in [6.07, 6.45) is 4.15. The molecule has 0 aliphatic heterocycles. The number of Topliss-reactive ketones (excluding diaryl/α,β-unsaturated/α-hetero) is 1. The molecule has 0 radical (unpaired) electrons. The second-order valence-electron chi connectivity index (χ2n) is 5.33. The van der Waals surface area contributed by atoms with E-state index >= 15 is 0 Å². The van der Waals surface area contributed by atoms with Crippen LogP contribution in [0.25, 0.3) is 10.8 Å². The average Bonchev–Trinajstić information content (AvgIpc) is 2.54. The van der Waals surface area contributed by atoms with E-state index in [9.17, 15) is 4.79 Å². The van der Waals surface area contributed by atoms with Gasteiger partial charge in [-0.15, -0.1) is 0 Å². The number of fused-ring (bicyclic) bond motifs is 1. The highest BCUT2D eigenvalue weighted by atomic mass is 16.5. The minimum absolute atomic E-state index is 0.0624. The van der Waals surface area contributed by atoms with Crippen LogP contribution in [-0.2, 0) is 6.54 Å². The fourth-order valence-corrected chi connectivity index (χ4v) is 2.59. The predicted molar refractivity (Wildman–Crippen MR) is 86.2 cm³/mol. The molecule has 1 aromatic heterocycles. The molecule has 0 saturated carbocycles. The number of ether oxygens (including phenoxy) is 1. The van der Waals surface area contributed by atoms with Crippen molar-refractivity contribution in [3.05, 3.63) is 72.1 Å². The lowest BCUT2D eigenvalue weighted by Crippen LogP contribution is -2.33. The molecule has 0 fully saturated rings. The van der Waals surface area contributed by atoms with Gasteiger partial charge >= 0.3 is 0 Å². The number of carbonyl (C=O) groups is 1. The Bertz CT molecular complexity index is 840. The number of rotatable bonds is 4. The van der Waals surface area contributed by atoms with Crippen molar-refractivity contribution in [1.82, 2.24) is 0 Å². The monoisotopic (exact) mass is 292 g/mol. The molecule has 0 unspecified atom stereocenters. The normalized spacial score (nSPS) is 10.6. The van der Waals surface area contributed by atoms with Crippen molar-refractivity contribution in [2.24, 2.45) is 0 Å². The smallest absolute Gasteiger partial charge is 0.177 e. The first-order valence-corrected chi connectivity index (χ1v) is 7.23. The summed E-state index contributed by atoms with van der Waals surface area (Å²) >= 11 is 0. The van der Waals surface area contributed by atoms with E-state index < -0.39 is 0 Å². The number of aromatic nitrogens is 1. The van der Waals surface area contributed by atoms with Gasteiger partial charge in [0.05, 0.1) is 12.7 Å². The van der Waals surface area contributed by atoms with Crippen LogP contribution in [0.4, 0.5) is 0 Å². The van der Waals surface area contributed by atoms with Gasteiger partial charge in [0.15, 0.2) is 24.7 Å². The van der Waals surface area contributed by atoms with E-state index in [0.29, 0.717) is 12.1 Å². The van der Waals surface area contributed by atoms with Gasteiger partial charge in [0.25, 0.3) is 0 Å². The van der Waals surface area contributed by atoms with Gasteiger partial charge in [0, 0.05) is 17.0 Å². The number of hydrogen-bond acceptors (Lipinski definition) is 2. The first kappa shape index (κ1) is 14.3. The van der Waals surface area contributed by atoms with E-state index in [-0.39, 0.29) is 5.78 Å². The van der Waals surface area contributed by atoms with Crippen LogP contribution in [0.2, 0.25) is 0 Å². The average molecular weight is 292 g/mol. The molecule has 0 spiro atoms. The van der Waals surface area contributed by atoms with Gasteiger partial charge in [-0.05, 0) is 36.6 Å². The molecule has 0 bridgehead atoms. The van der Waals surface area contributed by atoms with E-state index in [4.69, 9.17) is 4.74 Å². The highest BCUT2D eigenvalue weighted by Gasteiger charge is 2.12. The Kier molecular flexibility index (Phi) is 3.88. The van der Waals surface area contributed by atoms with Crippen LogP contribution in [0.1, 0.15) is 22.8 Å². The van der Waals surface area contributed by atoms with Crippen LogP contribution < -0.4 is 9.30 Å². The zero-order valence-electron chi connectivity index (χ0n) is 12.7. The summed E-state index contributed by atoms with van der Waals surface area (Å²) in [5, 5.41) is 2.40. The SMILES string of the molecule is COc1ccc(C(C)=O)cc1C[n+]1ccc2ccccc2c1. The standard InChI is InChI=1S/C19H18NO2/c1-14(21)16-7-8-19(22-2)18(11-16)13-20-10-9-15-5-3-4-6-17(15)12-20/h3-12H,13H2,1-2H3/q+1. The van der Waals surface area contributed by atoms with Crippen LogP contribution in [0.5, 0.6) is 5.75 Å². The number of benzene rings is 2. The van der Waals surface area contributed by atoms with Crippen LogP contribution in [0.3, 0.4) is 0 Å². The Labute approximate surface area is 129 Å². The van der Waals surface area contributed by atoms with Gasteiger partial charge in [-0.3, -0.25) is 4.79 Å². The molecule has 0 amide bonds. The number of pyridine rings is 1. The van der Waals surface area contributed by atoms with E-state index in [1.165, 1.54) is 10.8 Å². The second kappa shape index (κ2) is 5.98. The molecule has 3 nitrogen and oxygen atoms in total. The first-order valence-electron chi connectivity index (χ1n) is 7.23. The minimum atomic E-state index is 0.0624. The maximum absolute atomic E-state index is 11.6. The number of ketones is 1. The van der Waals surface area contributed by atoms with E-state index in [1.54, 1.807) is 20.1 Å². The molecule has 3 aromatic rings. The number of hydrogen-bond donors (Lipinski definition) is 0. The molecule has 3 heteroatoms. The molecule has 2 aromatic carbocycles.